The van der Waals surface area contributed by atoms with Crippen LogP contribution in [0.15, 0.2) is 11.3 Å². The lowest BCUT2D eigenvalue weighted by Crippen LogP contribution is -2.16. The Morgan fingerprint density at radius 1 is 1.45 bits per heavy atom. The van der Waals surface area contributed by atoms with Gasteiger partial charge in [0.05, 0.1) is 6.61 Å². The van der Waals surface area contributed by atoms with Gasteiger partial charge in [0.1, 0.15) is 5.70 Å². The summed E-state index contributed by atoms with van der Waals surface area (Å²) in [5, 5.41) is 0. The molecule has 0 amide bonds. The van der Waals surface area contributed by atoms with E-state index in [0.29, 0.717) is 6.61 Å². The number of nitrogens with two attached hydrogens (primary N) is 1. The molecule has 0 heterocycles. The van der Waals surface area contributed by atoms with Crippen molar-refractivity contribution in [2.45, 2.75) is 27.2 Å². The van der Waals surface area contributed by atoms with Crippen LogP contribution in [0.1, 0.15) is 27.2 Å². The van der Waals surface area contributed by atoms with E-state index < -0.39 is 5.97 Å². The Bertz CT molecular complexity index is 169. The molecule has 0 fully saturated rings. The molecule has 0 unspecified atom stereocenters. The minimum Gasteiger partial charge on any atom is -0.461 e. The fourth-order valence-electron chi connectivity index (χ4n) is 0.477. The highest BCUT2D eigenvalue weighted by molar-refractivity contribution is 5.88. The SMILES string of the molecule is CCCOC(=O)C(N)=C(C)C. The predicted octanol–water partition coefficient (Wildman–Crippen LogP) is 1.19. The van der Waals surface area contributed by atoms with Gasteiger partial charge in [0.15, 0.2) is 0 Å². The zero-order chi connectivity index (χ0) is 8.85. The second kappa shape index (κ2) is 4.77. The third kappa shape index (κ3) is 3.65. The number of rotatable bonds is 3. The van der Waals surface area contributed by atoms with E-state index in [0.717, 1.165) is 12.0 Å². The lowest BCUT2D eigenvalue weighted by Gasteiger charge is -2.03. The molecule has 0 aromatic heterocycles. The number of ether oxygens (including phenoxy) is 1. The Hall–Kier alpha value is -0.990. The van der Waals surface area contributed by atoms with Gasteiger partial charge in [0.2, 0.25) is 0 Å². The quantitative estimate of drug-likeness (QED) is 0.494. The van der Waals surface area contributed by atoms with Crippen LogP contribution in [0, 0.1) is 0 Å². The number of carbonyl (C=O) groups excluding carboxylic acids is 1. The van der Waals surface area contributed by atoms with Crippen molar-refractivity contribution in [1.82, 2.24) is 0 Å². The summed E-state index contributed by atoms with van der Waals surface area (Å²) in [4.78, 5) is 10.9. The molecule has 0 aliphatic heterocycles. The Labute approximate surface area is 67.2 Å². The first-order valence-corrected chi connectivity index (χ1v) is 3.69. The lowest BCUT2D eigenvalue weighted by atomic mass is 10.3. The molecule has 0 spiro atoms. The summed E-state index contributed by atoms with van der Waals surface area (Å²) < 4.78 is 4.79. The number of allylic oxidation sites excluding steroid dienone is 1. The Morgan fingerprint density at radius 2 is 2.00 bits per heavy atom. The van der Waals surface area contributed by atoms with Gasteiger partial charge in [-0.3, -0.25) is 0 Å². The van der Waals surface area contributed by atoms with Gasteiger partial charge in [-0.05, 0) is 25.8 Å². The standard InChI is InChI=1S/C8H15NO2/c1-4-5-11-8(10)7(9)6(2)3/h4-5,9H2,1-3H3. The maximum Gasteiger partial charge on any atom is 0.354 e. The molecular formula is C8H15NO2. The van der Waals surface area contributed by atoms with Crippen molar-refractivity contribution in [3.05, 3.63) is 11.3 Å². The maximum absolute atomic E-state index is 10.9. The summed E-state index contributed by atoms with van der Waals surface area (Å²) in [6, 6.07) is 0. The molecule has 0 rings (SSSR count). The smallest absolute Gasteiger partial charge is 0.354 e. The number of carbonyl (C=O) groups is 1. The summed E-state index contributed by atoms with van der Waals surface area (Å²) in [5.74, 6) is -0.410. The zero-order valence-electron chi connectivity index (χ0n) is 7.31. The van der Waals surface area contributed by atoms with Gasteiger partial charge >= 0.3 is 5.97 Å². The molecule has 0 saturated heterocycles. The largest absolute Gasteiger partial charge is 0.461 e. The topological polar surface area (TPSA) is 52.3 Å². The molecule has 0 aliphatic rings. The van der Waals surface area contributed by atoms with Crippen molar-refractivity contribution < 1.29 is 9.53 Å². The molecule has 11 heavy (non-hydrogen) atoms. The van der Waals surface area contributed by atoms with E-state index >= 15 is 0 Å². The average molecular weight is 157 g/mol. The van der Waals surface area contributed by atoms with Crippen LogP contribution >= 0.6 is 0 Å². The molecule has 0 radical (unpaired) electrons. The van der Waals surface area contributed by atoms with Crippen molar-refractivity contribution in [1.29, 1.82) is 0 Å². The predicted molar refractivity (Wildman–Crippen MR) is 43.8 cm³/mol. The first kappa shape index (κ1) is 10.0. The Morgan fingerprint density at radius 3 is 2.36 bits per heavy atom. The number of esters is 1. The van der Waals surface area contributed by atoms with Crippen LogP contribution < -0.4 is 5.73 Å². The summed E-state index contributed by atoms with van der Waals surface area (Å²) in [6.45, 7) is 5.93. The van der Waals surface area contributed by atoms with E-state index in [2.05, 4.69) is 0 Å². The molecule has 2 N–H and O–H groups in total. The first-order chi connectivity index (χ1) is 5.09. The normalized spacial score (nSPS) is 9.00. The average Bonchev–Trinajstić information content (AvgIpc) is 1.98. The molecular weight excluding hydrogens is 142 g/mol. The monoisotopic (exact) mass is 157 g/mol. The van der Waals surface area contributed by atoms with Crippen LogP contribution in [0.5, 0.6) is 0 Å². The Balaban J connectivity index is 3.95. The van der Waals surface area contributed by atoms with Gasteiger partial charge in [-0.1, -0.05) is 6.92 Å². The zero-order valence-corrected chi connectivity index (χ0v) is 7.31. The second-order valence-electron chi connectivity index (χ2n) is 2.55. The molecule has 0 aromatic rings. The third-order valence-electron chi connectivity index (χ3n) is 1.20. The van der Waals surface area contributed by atoms with E-state index in [1.165, 1.54) is 0 Å². The first-order valence-electron chi connectivity index (χ1n) is 3.69. The molecule has 0 aliphatic carbocycles. The highest BCUT2D eigenvalue weighted by Crippen LogP contribution is 1.98. The van der Waals surface area contributed by atoms with E-state index in [-0.39, 0.29) is 5.70 Å². The molecule has 3 heteroatoms. The molecule has 0 saturated carbocycles. The maximum atomic E-state index is 10.9. The van der Waals surface area contributed by atoms with E-state index in [9.17, 15) is 4.79 Å². The fraction of sp³-hybridized carbons (Fsp3) is 0.625. The summed E-state index contributed by atoms with van der Waals surface area (Å²) in [5.41, 5.74) is 6.42. The minimum absolute atomic E-state index is 0.221. The van der Waals surface area contributed by atoms with Gasteiger partial charge in [-0.15, -0.1) is 0 Å². The second-order valence-corrected chi connectivity index (χ2v) is 2.55. The highest BCUT2D eigenvalue weighted by atomic mass is 16.5. The highest BCUT2D eigenvalue weighted by Gasteiger charge is 2.06. The van der Waals surface area contributed by atoms with Crippen LogP contribution in [-0.2, 0) is 9.53 Å². The van der Waals surface area contributed by atoms with Crippen LogP contribution in [0.3, 0.4) is 0 Å². The number of hydrogen-bond donors (Lipinski definition) is 1. The van der Waals surface area contributed by atoms with Crippen LogP contribution in [0.2, 0.25) is 0 Å². The molecule has 3 nitrogen and oxygen atoms in total. The van der Waals surface area contributed by atoms with Crippen molar-refractivity contribution in [3.63, 3.8) is 0 Å². The molecule has 0 atom stereocenters. The van der Waals surface area contributed by atoms with E-state index in [4.69, 9.17) is 10.5 Å². The van der Waals surface area contributed by atoms with Gasteiger partial charge < -0.3 is 10.5 Å². The van der Waals surface area contributed by atoms with Crippen LogP contribution in [0.25, 0.3) is 0 Å². The van der Waals surface area contributed by atoms with Gasteiger partial charge in [0.25, 0.3) is 0 Å². The molecule has 64 valence electrons. The van der Waals surface area contributed by atoms with Crippen molar-refractivity contribution in [3.8, 4) is 0 Å². The molecule has 0 aromatic carbocycles. The van der Waals surface area contributed by atoms with Gasteiger partial charge in [-0.25, -0.2) is 4.79 Å². The lowest BCUT2D eigenvalue weighted by molar-refractivity contribution is -0.139. The van der Waals surface area contributed by atoms with E-state index in [1.54, 1.807) is 13.8 Å². The van der Waals surface area contributed by atoms with Crippen LogP contribution in [0.4, 0.5) is 0 Å². The van der Waals surface area contributed by atoms with Crippen LogP contribution in [-0.4, -0.2) is 12.6 Å². The van der Waals surface area contributed by atoms with Gasteiger partial charge in [-0.2, -0.15) is 0 Å². The summed E-state index contributed by atoms with van der Waals surface area (Å²) in [7, 11) is 0. The fourth-order valence-corrected chi connectivity index (χ4v) is 0.477. The Kier molecular flexibility index (Phi) is 4.34. The third-order valence-corrected chi connectivity index (χ3v) is 1.20. The van der Waals surface area contributed by atoms with Gasteiger partial charge in [0, 0.05) is 0 Å². The van der Waals surface area contributed by atoms with Crippen molar-refractivity contribution in [2.75, 3.05) is 6.61 Å². The molecule has 0 bridgehead atoms. The van der Waals surface area contributed by atoms with E-state index in [1.807, 2.05) is 6.92 Å². The minimum atomic E-state index is -0.410. The van der Waals surface area contributed by atoms with Crippen molar-refractivity contribution in [2.24, 2.45) is 5.73 Å². The summed E-state index contributed by atoms with van der Waals surface area (Å²) in [6.07, 6.45) is 0.821. The number of hydrogen-bond acceptors (Lipinski definition) is 3. The van der Waals surface area contributed by atoms with Crippen molar-refractivity contribution >= 4 is 5.97 Å². The summed E-state index contributed by atoms with van der Waals surface area (Å²) >= 11 is 0.